The first kappa shape index (κ1) is 29.8. The second kappa shape index (κ2) is 11.6. The van der Waals surface area contributed by atoms with Crippen LogP contribution in [0.4, 0.5) is 11.4 Å². The molecule has 10 nitrogen and oxygen atoms in total. The lowest BCUT2D eigenvalue weighted by atomic mass is 9.68. The van der Waals surface area contributed by atoms with Gasteiger partial charge in [0, 0.05) is 21.7 Å². The van der Waals surface area contributed by atoms with Crippen molar-refractivity contribution < 1.29 is 29.0 Å². The number of hydrogen-bond acceptors (Lipinski definition) is 9. The third-order valence-electron chi connectivity index (χ3n) is 9.87. The molecule has 0 spiro atoms. The van der Waals surface area contributed by atoms with Crippen molar-refractivity contribution in [2.45, 2.75) is 29.5 Å². The molecule has 3 fully saturated rings. The Labute approximate surface area is 278 Å². The molecule has 8 rings (SSSR count). The third-order valence-corrected chi connectivity index (χ3v) is 12.5. The van der Waals surface area contributed by atoms with Crippen molar-refractivity contribution in [2.75, 3.05) is 23.4 Å². The van der Waals surface area contributed by atoms with Crippen molar-refractivity contribution in [1.29, 1.82) is 0 Å². The predicted molar refractivity (Wildman–Crippen MR) is 177 cm³/mol. The van der Waals surface area contributed by atoms with Crippen LogP contribution < -0.4 is 24.6 Å². The highest BCUT2D eigenvalue weighted by molar-refractivity contribution is 8.00. The van der Waals surface area contributed by atoms with Gasteiger partial charge < -0.3 is 24.9 Å². The summed E-state index contributed by atoms with van der Waals surface area (Å²) in [6, 6.07) is 21.0. The zero-order valence-corrected chi connectivity index (χ0v) is 26.9. The van der Waals surface area contributed by atoms with Gasteiger partial charge in [-0.15, -0.1) is 11.8 Å². The van der Waals surface area contributed by atoms with Crippen molar-refractivity contribution in [3.63, 3.8) is 0 Å². The highest BCUT2D eigenvalue weighted by Gasteiger charge is 2.69. The standard InChI is InChI=1S/C35H31N3O7S2/c1-2-44-24-14-17(8-13-23(24)45-16-25(40)36-18-9-11-20(39)12-10-18)26-27-21-15-22(30(27)46-32-31(26)47-35(43)37-32)29-28(21)33(41)38(34(29)42)19-6-4-3-5-7-19/h3-14,21-22,26-30,39H,2,15-16H2,1H3,(H,36,40)(H,37,43)/t21-,22-,26+,27-,28+,29+,30-/m1/s1. The number of fused-ring (bicyclic) bond motifs is 9. The Morgan fingerprint density at radius 2 is 1.70 bits per heavy atom. The van der Waals surface area contributed by atoms with E-state index in [1.54, 1.807) is 30.0 Å². The minimum Gasteiger partial charge on any atom is -0.508 e. The van der Waals surface area contributed by atoms with Crippen LogP contribution in [0, 0.1) is 29.6 Å². The number of H-pyrrole nitrogens is 1. The summed E-state index contributed by atoms with van der Waals surface area (Å²) in [4.78, 5) is 58.3. The molecule has 2 aliphatic carbocycles. The molecule has 3 heterocycles. The Balaban J connectivity index is 1.10. The van der Waals surface area contributed by atoms with Gasteiger partial charge in [-0.05, 0) is 85.2 Å². The molecule has 3 amide bonds. The highest BCUT2D eigenvalue weighted by atomic mass is 32.2. The van der Waals surface area contributed by atoms with Crippen LogP contribution in [-0.4, -0.2) is 46.3 Å². The molecule has 2 saturated carbocycles. The first-order valence-corrected chi connectivity index (χ1v) is 17.3. The summed E-state index contributed by atoms with van der Waals surface area (Å²) < 4.78 is 11.9. The van der Waals surface area contributed by atoms with Crippen LogP contribution in [-0.2, 0) is 14.4 Å². The number of ether oxygens (including phenoxy) is 2. The number of thiazole rings is 1. The summed E-state index contributed by atoms with van der Waals surface area (Å²) in [5.74, 6) is -0.528. The smallest absolute Gasteiger partial charge is 0.305 e. The predicted octanol–water partition coefficient (Wildman–Crippen LogP) is 5.24. The molecule has 7 atom stereocenters. The molecule has 0 unspecified atom stereocenters. The summed E-state index contributed by atoms with van der Waals surface area (Å²) in [5, 5.41) is 13.1. The lowest BCUT2D eigenvalue weighted by molar-refractivity contribution is -0.123. The van der Waals surface area contributed by atoms with E-state index in [1.165, 1.54) is 28.4 Å². The topological polar surface area (TPSA) is 138 Å². The lowest BCUT2D eigenvalue weighted by Crippen LogP contribution is -2.42. The fourth-order valence-corrected chi connectivity index (χ4v) is 11.1. The summed E-state index contributed by atoms with van der Waals surface area (Å²) >= 11 is 2.85. The number of imide groups is 1. The van der Waals surface area contributed by atoms with Crippen LogP contribution in [0.3, 0.4) is 0 Å². The number of aromatic amines is 1. The van der Waals surface area contributed by atoms with Crippen LogP contribution in [0.15, 0.2) is 82.6 Å². The maximum atomic E-state index is 14.0. The Kier molecular flexibility index (Phi) is 7.36. The van der Waals surface area contributed by atoms with Gasteiger partial charge in [-0.3, -0.25) is 24.1 Å². The Bertz CT molecular complexity index is 1940. The molecule has 2 bridgehead atoms. The van der Waals surface area contributed by atoms with Gasteiger partial charge in [-0.1, -0.05) is 35.6 Å². The van der Waals surface area contributed by atoms with E-state index in [0.717, 1.165) is 21.9 Å². The van der Waals surface area contributed by atoms with Crippen LogP contribution in [0.25, 0.3) is 0 Å². The first-order valence-electron chi connectivity index (χ1n) is 15.6. The number of para-hydroxylation sites is 1. The number of nitrogens with one attached hydrogen (secondary N) is 2. The molecule has 4 aromatic rings. The number of hydrogen-bond donors (Lipinski definition) is 3. The number of aromatic hydroxyl groups is 1. The number of amides is 3. The number of carbonyl (C=O) groups is 3. The number of phenols is 1. The minimum atomic E-state index is -0.393. The van der Waals surface area contributed by atoms with E-state index in [2.05, 4.69) is 10.3 Å². The minimum absolute atomic E-state index is 0.0157. The lowest BCUT2D eigenvalue weighted by Gasteiger charge is -2.43. The largest absolute Gasteiger partial charge is 0.508 e. The van der Waals surface area contributed by atoms with E-state index in [-0.39, 0.29) is 69.8 Å². The molecule has 0 radical (unpaired) electrons. The highest BCUT2D eigenvalue weighted by Crippen LogP contribution is 2.68. The first-order chi connectivity index (χ1) is 22.8. The Morgan fingerprint density at radius 3 is 2.45 bits per heavy atom. The SMILES string of the molecule is CCOc1cc([C@@H]2c3sc(=O)[nH]c3S[C@@H]3[C@@H]4C[C@@H]([C@@H]5C(=O)N(c6ccccc6)C(=O)[C@@H]45)[C@H]23)ccc1OCC(=O)Nc1ccc(O)cc1. The van der Waals surface area contributed by atoms with Gasteiger partial charge in [0.15, 0.2) is 18.1 Å². The fraction of sp³-hybridized carbons (Fsp3) is 0.314. The summed E-state index contributed by atoms with van der Waals surface area (Å²) in [6.07, 6.45) is 0.795. The van der Waals surface area contributed by atoms with Crippen molar-refractivity contribution >= 4 is 52.2 Å². The number of carbonyl (C=O) groups excluding carboxylic acids is 3. The number of rotatable bonds is 8. The molecule has 3 N–H and O–H groups in total. The van der Waals surface area contributed by atoms with E-state index >= 15 is 0 Å². The maximum Gasteiger partial charge on any atom is 0.305 e. The molecular formula is C35H31N3O7S2. The van der Waals surface area contributed by atoms with Crippen molar-refractivity contribution in [1.82, 2.24) is 4.98 Å². The van der Waals surface area contributed by atoms with Gasteiger partial charge in [0.2, 0.25) is 11.8 Å². The molecule has 240 valence electrons. The molecule has 3 aromatic carbocycles. The number of phenolic OH excluding ortho intramolecular Hbond substituents is 1. The Hall–Kier alpha value is -4.55. The molecule has 2 aliphatic heterocycles. The summed E-state index contributed by atoms with van der Waals surface area (Å²) in [6.45, 7) is 1.99. The number of nitrogens with zero attached hydrogens (tertiary/aromatic N) is 1. The summed E-state index contributed by atoms with van der Waals surface area (Å²) in [7, 11) is 0. The van der Waals surface area contributed by atoms with Crippen molar-refractivity contribution in [3.05, 3.63) is 92.9 Å². The quantitative estimate of drug-likeness (QED) is 0.171. The van der Waals surface area contributed by atoms with Gasteiger partial charge >= 0.3 is 4.87 Å². The van der Waals surface area contributed by atoms with E-state index in [9.17, 15) is 24.3 Å². The zero-order valence-electron chi connectivity index (χ0n) is 25.3. The van der Waals surface area contributed by atoms with Gasteiger partial charge in [0.05, 0.1) is 29.2 Å². The van der Waals surface area contributed by atoms with E-state index < -0.39 is 5.92 Å². The molecule has 1 saturated heterocycles. The van der Waals surface area contributed by atoms with Crippen LogP contribution in [0.2, 0.25) is 0 Å². The van der Waals surface area contributed by atoms with Crippen LogP contribution in [0.5, 0.6) is 17.2 Å². The van der Waals surface area contributed by atoms with E-state index in [1.807, 2.05) is 49.4 Å². The number of thioether (sulfide) groups is 1. The van der Waals surface area contributed by atoms with Gasteiger partial charge in [0.25, 0.3) is 5.91 Å². The number of benzene rings is 3. The zero-order chi connectivity index (χ0) is 32.4. The van der Waals surface area contributed by atoms with Gasteiger partial charge in [-0.2, -0.15) is 0 Å². The average molecular weight is 670 g/mol. The van der Waals surface area contributed by atoms with E-state index in [0.29, 0.717) is 29.5 Å². The monoisotopic (exact) mass is 669 g/mol. The molecule has 1 aromatic heterocycles. The molecular weight excluding hydrogens is 639 g/mol. The van der Waals surface area contributed by atoms with E-state index in [4.69, 9.17) is 9.47 Å². The summed E-state index contributed by atoms with van der Waals surface area (Å²) in [5.41, 5.74) is 2.08. The normalized spacial score (nSPS) is 26.9. The maximum absolute atomic E-state index is 14.0. The average Bonchev–Trinajstić information content (AvgIpc) is 3.80. The second-order valence-corrected chi connectivity index (χ2v) is 14.5. The fourth-order valence-electron chi connectivity index (χ4n) is 8.21. The second-order valence-electron chi connectivity index (χ2n) is 12.3. The van der Waals surface area contributed by atoms with Crippen molar-refractivity contribution in [3.8, 4) is 17.2 Å². The number of anilines is 2. The van der Waals surface area contributed by atoms with Gasteiger partial charge in [-0.25, -0.2) is 0 Å². The van der Waals surface area contributed by atoms with Gasteiger partial charge in [0.1, 0.15) is 5.75 Å². The van der Waals surface area contributed by atoms with Crippen molar-refractivity contribution in [2.24, 2.45) is 29.6 Å². The molecule has 12 heteroatoms. The van der Waals surface area contributed by atoms with Crippen LogP contribution >= 0.6 is 23.1 Å². The number of aromatic nitrogens is 1. The third kappa shape index (κ3) is 4.92. The van der Waals surface area contributed by atoms with Crippen LogP contribution in [0.1, 0.15) is 29.7 Å². The Morgan fingerprint density at radius 1 is 0.957 bits per heavy atom. The molecule has 4 aliphatic rings. The molecule has 47 heavy (non-hydrogen) atoms.